The zero-order valence-corrected chi connectivity index (χ0v) is 13.4. The third kappa shape index (κ3) is 2.57. The summed E-state index contributed by atoms with van der Waals surface area (Å²) >= 11 is 0. The van der Waals surface area contributed by atoms with Crippen LogP contribution in [-0.4, -0.2) is 9.97 Å². The van der Waals surface area contributed by atoms with E-state index in [2.05, 4.69) is 40.4 Å². The van der Waals surface area contributed by atoms with E-state index < -0.39 is 0 Å². The number of aryl methyl sites for hydroxylation is 2. The summed E-state index contributed by atoms with van der Waals surface area (Å²) < 4.78 is 0. The fraction of sp³-hybridized carbons (Fsp3) is 0.278. The number of aromatic amines is 1. The molecule has 114 valence electrons. The van der Waals surface area contributed by atoms with Gasteiger partial charge in [-0.1, -0.05) is 17.7 Å². The highest BCUT2D eigenvalue weighted by atomic mass is 35.5. The summed E-state index contributed by atoms with van der Waals surface area (Å²) in [5.74, 6) is 0.949. The SMILES string of the molecule is Cc1ccc2[nH]c3c(c2c1)CCCC3Nc1ccccn1.Cl. The number of nitrogens with one attached hydrogen (secondary N) is 2. The van der Waals surface area contributed by atoms with Gasteiger partial charge in [0.1, 0.15) is 5.82 Å². The first-order valence-electron chi connectivity index (χ1n) is 7.60. The molecule has 1 aliphatic rings. The van der Waals surface area contributed by atoms with Crippen LogP contribution in [0.25, 0.3) is 10.9 Å². The Morgan fingerprint density at radius 2 is 2.14 bits per heavy atom. The lowest BCUT2D eigenvalue weighted by atomic mass is 9.91. The molecule has 2 aromatic heterocycles. The number of halogens is 1. The van der Waals surface area contributed by atoms with Crippen LogP contribution in [-0.2, 0) is 6.42 Å². The maximum absolute atomic E-state index is 4.39. The molecule has 0 fully saturated rings. The Bertz CT molecular complexity index is 780. The average Bonchev–Trinajstić information content (AvgIpc) is 2.88. The first kappa shape index (κ1) is 14.9. The molecular formula is C18H20ClN3. The van der Waals surface area contributed by atoms with Gasteiger partial charge in [-0.2, -0.15) is 0 Å². The highest BCUT2D eigenvalue weighted by molar-refractivity contribution is 5.86. The van der Waals surface area contributed by atoms with Crippen LogP contribution in [0.1, 0.15) is 35.7 Å². The van der Waals surface area contributed by atoms with Gasteiger partial charge in [-0.3, -0.25) is 0 Å². The van der Waals surface area contributed by atoms with Crippen molar-refractivity contribution in [1.29, 1.82) is 0 Å². The predicted molar refractivity (Wildman–Crippen MR) is 93.8 cm³/mol. The Morgan fingerprint density at radius 1 is 1.23 bits per heavy atom. The van der Waals surface area contributed by atoms with Crippen LogP contribution in [0.3, 0.4) is 0 Å². The van der Waals surface area contributed by atoms with Crippen molar-refractivity contribution in [2.75, 3.05) is 5.32 Å². The van der Waals surface area contributed by atoms with E-state index in [1.165, 1.54) is 40.6 Å². The van der Waals surface area contributed by atoms with E-state index in [1.807, 2.05) is 24.4 Å². The first-order chi connectivity index (χ1) is 10.3. The lowest BCUT2D eigenvalue weighted by Crippen LogP contribution is -2.17. The Kier molecular flexibility index (Phi) is 4.08. The number of anilines is 1. The summed E-state index contributed by atoms with van der Waals surface area (Å²) in [6.45, 7) is 2.16. The highest BCUT2D eigenvalue weighted by Crippen LogP contribution is 2.36. The molecule has 3 aromatic rings. The maximum atomic E-state index is 4.39. The quantitative estimate of drug-likeness (QED) is 0.714. The second-order valence-corrected chi connectivity index (χ2v) is 5.87. The summed E-state index contributed by atoms with van der Waals surface area (Å²) in [4.78, 5) is 8.01. The second-order valence-electron chi connectivity index (χ2n) is 5.87. The van der Waals surface area contributed by atoms with Gasteiger partial charge in [0.25, 0.3) is 0 Å². The number of hydrogen-bond donors (Lipinski definition) is 2. The minimum atomic E-state index is 0. The van der Waals surface area contributed by atoms with E-state index in [9.17, 15) is 0 Å². The molecule has 3 nitrogen and oxygen atoms in total. The molecule has 2 N–H and O–H groups in total. The number of H-pyrrole nitrogens is 1. The molecule has 2 heterocycles. The van der Waals surface area contributed by atoms with Crippen LogP contribution >= 0.6 is 12.4 Å². The number of benzene rings is 1. The second kappa shape index (κ2) is 6.01. The number of rotatable bonds is 2. The number of fused-ring (bicyclic) bond motifs is 3. The topological polar surface area (TPSA) is 40.7 Å². The van der Waals surface area contributed by atoms with E-state index in [-0.39, 0.29) is 12.4 Å². The van der Waals surface area contributed by atoms with Crippen LogP contribution in [0, 0.1) is 6.92 Å². The number of nitrogens with zero attached hydrogens (tertiary/aromatic N) is 1. The fourth-order valence-corrected chi connectivity index (χ4v) is 3.35. The van der Waals surface area contributed by atoms with Crippen molar-refractivity contribution in [3.05, 3.63) is 59.4 Å². The molecule has 0 aliphatic heterocycles. The molecule has 1 unspecified atom stereocenters. The van der Waals surface area contributed by atoms with E-state index in [4.69, 9.17) is 0 Å². The van der Waals surface area contributed by atoms with Crippen LogP contribution in [0.5, 0.6) is 0 Å². The molecular weight excluding hydrogens is 294 g/mol. The molecule has 0 amide bonds. The van der Waals surface area contributed by atoms with Crippen molar-refractivity contribution >= 4 is 29.1 Å². The Morgan fingerprint density at radius 3 is 2.95 bits per heavy atom. The van der Waals surface area contributed by atoms with Gasteiger partial charge >= 0.3 is 0 Å². The van der Waals surface area contributed by atoms with Gasteiger partial charge in [0.15, 0.2) is 0 Å². The molecule has 0 spiro atoms. The van der Waals surface area contributed by atoms with E-state index >= 15 is 0 Å². The van der Waals surface area contributed by atoms with Gasteiger partial charge in [0.05, 0.1) is 6.04 Å². The predicted octanol–water partition coefficient (Wildman–Crippen LogP) is 4.78. The van der Waals surface area contributed by atoms with Crippen molar-refractivity contribution in [1.82, 2.24) is 9.97 Å². The molecule has 1 atom stereocenters. The maximum Gasteiger partial charge on any atom is 0.126 e. The first-order valence-corrected chi connectivity index (χ1v) is 7.60. The van der Waals surface area contributed by atoms with Gasteiger partial charge < -0.3 is 10.3 Å². The lowest BCUT2D eigenvalue weighted by Gasteiger charge is -2.24. The largest absolute Gasteiger partial charge is 0.362 e. The van der Waals surface area contributed by atoms with Crippen LogP contribution < -0.4 is 5.32 Å². The summed E-state index contributed by atoms with van der Waals surface area (Å²) in [5, 5.41) is 4.96. The molecule has 4 heteroatoms. The molecule has 0 saturated carbocycles. The van der Waals surface area contributed by atoms with Crippen molar-refractivity contribution < 1.29 is 0 Å². The standard InChI is InChI=1S/C18H19N3.ClH/c1-12-8-9-15-14(11-12)13-5-4-6-16(18(13)21-15)20-17-7-2-3-10-19-17;/h2-3,7-11,16,21H,4-6H2,1H3,(H,19,20);1H. The van der Waals surface area contributed by atoms with Crippen molar-refractivity contribution in [3.8, 4) is 0 Å². The summed E-state index contributed by atoms with van der Waals surface area (Å²) in [5.41, 5.74) is 5.39. The van der Waals surface area contributed by atoms with Crippen molar-refractivity contribution in [2.24, 2.45) is 0 Å². The Labute approximate surface area is 136 Å². The molecule has 1 aromatic carbocycles. The average molecular weight is 314 g/mol. The molecule has 22 heavy (non-hydrogen) atoms. The normalized spacial score (nSPS) is 16.9. The Balaban J connectivity index is 0.00000144. The zero-order chi connectivity index (χ0) is 14.2. The van der Waals surface area contributed by atoms with Crippen molar-refractivity contribution in [3.63, 3.8) is 0 Å². The molecule has 0 radical (unpaired) electrons. The summed E-state index contributed by atoms with van der Waals surface area (Å²) in [6, 6.07) is 13.0. The zero-order valence-electron chi connectivity index (χ0n) is 12.6. The number of hydrogen-bond acceptors (Lipinski definition) is 2. The molecule has 0 saturated heterocycles. The highest BCUT2D eigenvalue weighted by Gasteiger charge is 2.24. The summed E-state index contributed by atoms with van der Waals surface area (Å²) in [6.07, 6.45) is 5.37. The van der Waals surface area contributed by atoms with E-state index in [1.54, 1.807) is 0 Å². The number of pyridine rings is 1. The number of aromatic nitrogens is 2. The minimum absolute atomic E-state index is 0. The minimum Gasteiger partial charge on any atom is -0.362 e. The van der Waals surface area contributed by atoms with Crippen LogP contribution in [0.4, 0.5) is 5.82 Å². The van der Waals surface area contributed by atoms with Crippen molar-refractivity contribution in [2.45, 2.75) is 32.2 Å². The smallest absolute Gasteiger partial charge is 0.126 e. The van der Waals surface area contributed by atoms with Gasteiger partial charge in [-0.15, -0.1) is 12.4 Å². The Hall–Kier alpha value is -2.00. The molecule has 4 rings (SSSR count). The third-order valence-corrected chi connectivity index (χ3v) is 4.35. The van der Waals surface area contributed by atoms with Crippen LogP contribution in [0.15, 0.2) is 42.6 Å². The molecule has 0 bridgehead atoms. The fourth-order valence-electron chi connectivity index (χ4n) is 3.35. The van der Waals surface area contributed by atoms with E-state index in [0.717, 1.165) is 12.2 Å². The monoisotopic (exact) mass is 313 g/mol. The summed E-state index contributed by atoms with van der Waals surface area (Å²) in [7, 11) is 0. The third-order valence-electron chi connectivity index (χ3n) is 4.35. The van der Waals surface area contributed by atoms with E-state index in [0.29, 0.717) is 6.04 Å². The van der Waals surface area contributed by atoms with Gasteiger partial charge in [-0.25, -0.2) is 4.98 Å². The van der Waals surface area contributed by atoms with Crippen LogP contribution in [0.2, 0.25) is 0 Å². The molecule has 1 aliphatic carbocycles. The lowest BCUT2D eigenvalue weighted by molar-refractivity contribution is 0.591. The van der Waals surface area contributed by atoms with Gasteiger partial charge in [-0.05, 0) is 56.0 Å². The van der Waals surface area contributed by atoms with Gasteiger partial charge in [0.2, 0.25) is 0 Å². The van der Waals surface area contributed by atoms with Gasteiger partial charge in [0, 0.05) is 22.8 Å².